The predicted octanol–water partition coefficient (Wildman–Crippen LogP) is 0.204. The van der Waals surface area contributed by atoms with Gasteiger partial charge in [0.15, 0.2) is 5.78 Å². The molecule has 2 saturated heterocycles. The second-order valence-electron chi connectivity index (χ2n) is 5.81. The topological polar surface area (TPSA) is 104 Å². The van der Waals surface area contributed by atoms with E-state index in [1.165, 1.54) is 35.5 Å². The van der Waals surface area contributed by atoms with Gasteiger partial charge in [-0.3, -0.25) is 14.5 Å². The van der Waals surface area contributed by atoms with Gasteiger partial charge in [-0.05, 0) is 25.5 Å². The highest BCUT2D eigenvalue weighted by molar-refractivity contribution is 7.89. The Kier molecular flexibility index (Phi) is 4.14. The Labute approximate surface area is 139 Å². The van der Waals surface area contributed by atoms with Crippen LogP contribution in [0.25, 0.3) is 0 Å². The maximum absolute atomic E-state index is 12.7. The Hall–Kier alpha value is -2.26. The molecule has 1 aromatic carbocycles. The Bertz CT molecular complexity index is 787. The summed E-state index contributed by atoms with van der Waals surface area (Å²) in [7, 11) is -3.73. The molecule has 1 N–H and O–H groups in total. The number of carbonyl (C=O) groups is 3. The van der Waals surface area contributed by atoms with Crippen molar-refractivity contribution >= 4 is 27.7 Å². The number of hydrogen-bond donors (Lipinski definition) is 1. The van der Waals surface area contributed by atoms with Crippen LogP contribution in [-0.2, 0) is 14.8 Å². The molecule has 3 amide bonds. The van der Waals surface area contributed by atoms with Crippen molar-refractivity contribution in [2.45, 2.75) is 24.3 Å². The maximum atomic E-state index is 12.7. The van der Waals surface area contributed by atoms with Crippen molar-refractivity contribution in [2.75, 3.05) is 19.6 Å². The Morgan fingerprint density at radius 1 is 1.21 bits per heavy atom. The van der Waals surface area contributed by atoms with Crippen LogP contribution in [0.15, 0.2) is 29.2 Å². The van der Waals surface area contributed by atoms with Gasteiger partial charge in [-0.15, -0.1) is 0 Å². The largest absolute Gasteiger partial charge is 0.329 e. The summed E-state index contributed by atoms with van der Waals surface area (Å²) >= 11 is 0. The van der Waals surface area contributed by atoms with Crippen LogP contribution >= 0.6 is 0 Å². The molecule has 2 aliphatic rings. The number of sulfonamides is 1. The van der Waals surface area contributed by atoms with Gasteiger partial charge < -0.3 is 5.32 Å². The number of ketones is 1. The van der Waals surface area contributed by atoms with Crippen molar-refractivity contribution in [1.29, 1.82) is 0 Å². The number of benzene rings is 1. The van der Waals surface area contributed by atoms with Crippen molar-refractivity contribution in [3.8, 4) is 0 Å². The van der Waals surface area contributed by atoms with Gasteiger partial charge in [0.05, 0.1) is 17.5 Å². The fraction of sp³-hybridized carbons (Fsp3) is 0.400. The van der Waals surface area contributed by atoms with E-state index in [2.05, 4.69) is 5.32 Å². The number of imide groups is 1. The SMILES string of the molecule is CC(=O)c1ccc(S(=O)(=O)N2CCC(N3C(=O)CNC3=O)C2)cc1. The normalized spacial score (nSPS) is 22.0. The number of nitrogens with one attached hydrogen (secondary N) is 1. The predicted molar refractivity (Wildman–Crippen MR) is 83.9 cm³/mol. The van der Waals surface area contributed by atoms with E-state index in [1.54, 1.807) is 0 Å². The number of hydrogen-bond acceptors (Lipinski definition) is 5. The fourth-order valence-corrected chi connectivity index (χ4v) is 4.45. The first-order valence-electron chi connectivity index (χ1n) is 7.52. The van der Waals surface area contributed by atoms with Crippen molar-refractivity contribution in [3.05, 3.63) is 29.8 Å². The van der Waals surface area contributed by atoms with Crippen molar-refractivity contribution < 1.29 is 22.8 Å². The molecule has 0 bridgehead atoms. The van der Waals surface area contributed by atoms with Crippen LogP contribution in [0, 0.1) is 0 Å². The molecular formula is C15H17N3O5S. The van der Waals surface area contributed by atoms with Gasteiger partial charge in [0.1, 0.15) is 0 Å². The third-order valence-electron chi connectivity index (χ3n) is 4.27. The van der Waals surface area contributed by atoms with E-state index in [1.807, 2.05) is 0 Å². The van der Waals surface area contributed by atoms with E-state index in [0.717, 1.165) is 4.90 Å². The first-order valence-corrected chi connectivity index (χ1v) is 8.96. The monoisotopic (exact) mass is 351 g/mol. The van der Waals surface area contributed by atoms with Crippen LogP contribution in [0.5, 0.6) is 0 Å². The zero-order chi connectivity index (χ0) is 17.5. The second kappa shape index (κ2) is 5.99. The molecule has 9 heteroatoms. The molecule has 1 atom stereocenters. The average molecular weight is 351 g/mol. The minimum atomic E-state index is -3.73. The van der Waals surface area contributed by atoms with E-state index in [9.17, 15) is 22.8 Å². The lowest BCUT2D eigenvalue weighted by Gasteiger charge is -2.21. The number of Topliss-reactive ketones (excluding diaryl/α,β-unsaturated/α-hetero) is 1. The minimum Gasteiger partial charge on any atom is -0.329 e. The zero-order valence-corrected chi connectivity index (χ0v) is 13.9. The van der Waals surface area contributed by atoms with Crippen LogP contribution in [0.2, 0.25) is 0 Å². The summed E-state index contributed by atoms with van der Waals surface area (Å²) in [6.07, 6.45) is 0.407. The summed E-state index contributed by atoms with van der Waals surface area (Å²) < 4.78 is 26.6. The molecule has 2 heterocycles. The summed E-state index contributed by atoms with van der Waals surface area (Å²) in [5.74, 6) is -0.478. The van der Waals surface area contributed by atoms with Crippen LogP contribution in [0.1, 0.15) is 23.7 Å². The standard InChI is InChI=1S/C15H17N3O5S/c1-10(19)11-2-4-13(5-3-11)24(22,23)17-7-6-12(9-17)18-14(20)8-16-15(18)21/h2-5,12H,6-9H2,1H3,(H,16,21). The van der Waals surface area contributed by atoms with Gasteiger partial charge in [-0.1, -0.05) is 12.1 Å². The summed E-state index contributed by atoms with van der Waals surface area (Å²) in [4.78, 5) is 35.9. The smallest absolute Gasteiger partial charge is 0.324 e. The molecule has 3 rings (SSSR count). The van der Waals surface area contributed by atoms with E-state index >= 15 is 0 Å². The van der Waals surface area contributed by atoms with Gasteiger partial charge in [0.2, 0.25) is 15.9 Å². The van der Waals surface area contributed by atoms with Crippen LogP contribution in [-0.4, -0.2) is 61.0 Å². The highest BCUT2D eigenvalue weighted by atomic mass is 32.2. The molecule has 128 valence electrons. The molecule has 1 aromatic rings. The lowest BCUT2D eigenvalue weighted by atomic mass is 10.2. The highest BCUT2D eigenvalue weighted by Gasteiger charge is 2.41. The highest BCUT2D eigenvalue weighted by Crippen LogP contribution is 2.25. The molecular weight excluding hydrogens is 334 g/mol. The number of urea groups is 1. The van der Waals surface area contributed by atoms with Gasteiger partial charge in [-0.25, -0.2) is 13.2 Å². The fourth-order valence-electron chi connectivity index (χ4n) is 2.95. The van der Waals surface area contributed by atoms with E-state index in [0.29, 0.717) is 12.0 Å². The molecule has 0 aromatic heterocycles. The summed E-state index contributed by atoms with van der Waals surface area (Å²) in [5, 5.41) is 2.44. The lowest BCUT2D eigenvalue weighted by Crippen LogP contribution is -2.42. The Morgan fingerprint density at radius 3 is 2.42 bits per heavy atom. The average Bonchev–Trinajstić information content (AvgIpc) is 3.14. The molecule has 0 aliphatic carbocycles. The minimum absolute atomic E-state index is 0.0470. The van der Waals surface area contributed by atoms with Crippen LogP contribution in [0.3, 0.4) is 0 Å². The van der Waals surface area contributed by atoms with E-state index < -0.39 is 22.1 Å². The molecule has 0 spiro atoms. The number of carbonyl (C=O) groups excluding carboxylic acids is 3. The lowest BCUT2D eigenvalue weighted by molar-refractivity contribution is -0.126. The van der Waals surface area contributed by atoms with Gasteiger partial charge >= 0.3 is 6.03 Å². The van der Waals surface area contributed by atoms with Crippen molar-refractivity contribution in [2.24, 2.45) is 0 Å². The molecule has 0 radical (unpaired) electrons. The number of nitrogens with zero attached hydrogens (tertiary/aromatic N) is 2. The molecule has 2 fully saturated rings. The summed E-state index contributed by atoms with van der Waals surface area (Å²) in [5.41, 5.74) is 0.438. The third-order valence-corrected chi connectivity index (χ3v) is 6.15. The third kappa shape index (κ3) is 2.80. The number of rotatable bonds is 4. The van der Waals surface area contributed by atoms with Crippen LogP contribution < -0.4 is 5.32 Å². The first-order chi connectivity index (χ1) is 11.3. The Morgan fingerprint density at radius 2 is 1.88 bits per heavy atom. The van der Waals surface area contributed by atoms with Gasteiger partial charge in [-0.2, -0.15) is 4.31 Å². The zero-order valence-electron chi connectivity index (χ0n) is 13.1. The van der Waals surface area contributed by atoms with Gasteiger partial charge in [0.25, 0.3) is 0 Å². The van der Waals surface area contributed by atoms with E-state index in [4.69, 9.17) is 0 Å². The quantitative estimate of drug-likeness (QED) is 0.617. The van der Waals surface area contributed by atoms with Crippen LogP contribution in [0.4, 0.5) is 4.79 Å². The van der Waals surface area contributed by atoms with Crippen molar-refractivity contribution in [3.63, 3.8) is 0 Å². The molecule has 8 nitrogen and oxygen atoms in total. The summed E-state index contributed by atoms with van der Waals surface area (Å²) in [6.45, 7) is 1.68. The molecule has 2 aliphatic heterocycles. The van der Waals surface area contributed by atoms with Gasteiger partial charge in [0, 0.05) is 18.7 Å². The molecule has 0 saturated carbocycles. The first kappa shape index (κ1) is 16.6. The summed E-state index contributed by atoms with van der Waals surface area (Å²) in [6, 6.07) is 4.81. The number of amides is 3. The van der Waals surface area contributed by atoms with E-state index in [-0.39, 0.29) is 36.2 Å². The Balaban J connectivity index is 1.78. The van der Waals surface area contributed by atoms with Crippen molar-refractivity contribution in [1.82, 2.24) is 14.5 Å². The maximum Gasteiger partial charge on any atom is 0.324 e. The second-order valence-corrected chi connectivity index (χ2v) is 7.75. The molecule has 24 heavy (non-hydrogen) atoms. The molecule has 1 unspecified atom stereocenters.